The number of rotatable bonds is 6. The smallest absolute Gasteiger partial charge is 0.0189 e. The molecule has 1 N–H and O–H groups in total. The highest BCUT2D eigenvalue weighted by atomic mass is 32.2. The van der Waals surface area contributed by atoms with Gasteiger partial charge in [-0.2, -0.15) is 11.8 Å². The first kappa shape index (κ1) is 13.6. The van der Waals surface area contributed by atoms with Gasteiger partial charge in [0.1, 0.15) is 0 Å². The monoisotopic (exact) mass is 237 g/mol. The molecule has 90 valence electrons. The van der Waals surface area contributed by atoms with Crippen molar-refractivity contribution in [1.29, 1.82) is 0 Å². The molecule has 1 rings (SSSR count). The van der Waals surface area contributed by atoms with E-state index < -0.39 is 0 Å². The summed E-state index contributed by atoms with van der Waals surface area (Å²) in [5.41, 5.74) is 2.88. The van der Waals surface area contributed by atoms with Gasteiger partial charge in [-0.05, 0) is 38.4 Å². The van der Waals surface area contributed by atoms with Crippen LogP contribution in [0.15, 0.2) is 24.3 Å². The third-order valence-corrected chi connectivity index (χ3v) is 4.20. The van der Waals surface area contributed by atoms with E-state index in [1.807, 2.05) is 18.8 Å². The van der Waals surface area contributed by atoms with E-state index in [9.17, 15) is 0 Å². The van der Waals surface area contributed by atoms with Gasteiger partial charge in [0.2, 0.25) is 0 Å². The second-order valence-electron chi connectivity index (χ2n) is 4.47. The molecule has 16 heavy (non-hydrogen) atoms. The summed E-state index contributed by atoms with van der Waals surface area (Å²) in [4.78, 5) is 0. The van der Waals surface area contributed by atoms with Crippen LogP contribution in [0, 0.1) is 6.92 Å². The average Bonchev–Trinajstić information content (AvgIpc) is 2.28. The fourth-order valence-electron chi connectivity index (χ4n) is 1.69. The van der Waals surface area contributed by atoms with Gasteiger partial charge in [-0.3, -0.25) is 0 Å². The van der Waals surface area contributed by atoms with E-state index in [1.54, 1.807) is 0 Å². The summed E-state index contributed by atoms with van der Waals surface area (Å²) in [7, 11) is 2.03. The van der Waals surface area contributed by atoms with Gasteiger partial charge in [0, 0.05) is 17.0 Å². The van der Waals surface area contributed by atoms with E-state index in [-0.39, 0.29) is 0 Å². The van der Waals surface area contributed by atoms with Crippen molar-refractivity contribution < 1.29 is 0 Å². The van der Waals surface area contributed by atoms with E-state index >= 15 is 0 Å². The maximum Gasteiger partial charge on any atom is 0.0189 e. The summed E-state index contributed by atoms with van der Waals surface area (Å²) in [6, 6.07) is 9.27. The molecule has 2 atom stereocenters. The number of hydrogen-bond donors (Lipinski definition) is 1. The first-order chi connectivity index (χ1) is 7.63. The molecular weight excluding hydrogens is 214 g/mol. The van der Waals surface area contributed by atoms with Crippen LogP contribution in [0.5, 0.6) is 0 Å². The summed E-state index contributed by atoms with van der Waals surface area (Å²) in [6.45, 7) is 6.75. The van der Waals surface area contributed by atoms with Gasteiger partial charge < -0.3 is 5.32 Å². The average molecular weight is 237 g/mol. The summed E-state index contributed by atoms with van der Waals surface area (Å²) in [6.07, 6.45) is 1.23. The largest absolute Gasteiger partial charge is 0.317 e. The van der Waals surface area contributed by atoms with Crippen LogP contribution in [-0.2, 0) is 5.75 Å². The van der Waals surface area contributed by atoms with Crippen molar-refractivity contribution in [1.82, 2.24) is 5.32 Å². The molecule has 0 saturated heterocycles. The molecule has 0 fully saturated rings. The molecule has 1 aromatic rings. The van der Waals surface area contributed by atoms with Crippen molar-refractivity contribution in [2.45, 2.75) is 44.2 Å². The van der Waals surface area contributed by atoms with Gasteiger partial charge in [-0.15, -0.1) is 0 Å². The number of aryl methyl sites for hydroxylation is 1. The lowest BCUT2D eigenvalue weighted by Gasteiger charge is -2.16. The summed E-state index contributed by atoms with van der Waals surface area (Å²) in [5.74, 6) is 1.13. The van der Waals surface area contributed by atoms with E-state index in [1.165, 1.54) is 17.5 Å². The zero-order valence-electron chi connectivity index (χ0n) is 10.8. The van der Waals surface area contributed by atoms with E-state index in [0.29, 0.717) is 11.3 Å². The van der Waals surface area contributed by atoms with Crippen LogP contribution < -0.4 is 5.32 Å². The Hall–Kier alpha value is -0.470. The third kappa shape index (κ3) is 4.58. The molecule has 2 unspecified atom stereocenters. The molecule has 0 saturated carbocycles. The fraction of sp³-hybridized carbons (Fsp3) is 0.571. The summed E-state index contributed by atoms with van der Waals surface area (Å²) in [5, 5.41) is 4.00. The Bertz CT molecular complexity index is 311. The van der Waals surface area contributed by atoms with Crippen molar-refractivity contribution in [3.8, 4) is 0 Å². The number of benzene rings is 1. The van der Waals surface area contributed by atoms with Gasteiger partial charge >= 0.3 is 0 Å². The highest BCUT2D eigenvalue weighted by Crippen LogP contribution is 2.22. The Morgan fingerprint density at radius 3 is 2.56 bits per heavy atom. The molecule has 0 aliphatic heterocycles. The molecule has 2 heteroatoms. The lowest BCUT2D eigenvalue weighted by molar-refractivity contribution is 0.564. The molecule has 0 aliphatic carbocycles. The second kappa shape index (κ2) is 6.97. The Kier molecular flexibility index (Phi) is 5.93. The van der Waals surface area contributed by atoms with Gasteiger partial charge in [-0.25, -0.2) is 0 Å². The number of nitrogens with one attached hydrogen (secondary N) is 1. The van der Waals surface area contributed by atoms with Crippen molar-refractivity contribution >= 4 is 11.8 Å². The van der Waals surface area contributed by atoms with Crippen molar-refractivity contribution in [3.63, 3.8) is 0 Å². The van der Waals surface area contributed by atoms with Crippen LogP contribution in [0.4, 0.5) is 0 Å². The van der Waals surface area contributed by atoms with Crippen LogP contribution in [0.1, 0.15) is 31.4 Å². The topological polar surface area (TPSA) is 12.0 Å². The van der Waals surface area contributed by atoms with Crippen LogP contribution in [0.25, 0.3) is 0 Å². The molecule has 0 amide bonds. The molecule has 0 spiro atoms. The summed E-state index contributed by atoms with van der Waals surface area (Å²) < 4.78 is 0. The van der Waals surface area contributed by atoms with Gasteiger partial charge in [0.05, 0.1) is 0 Å². The predicted molar refractivity (Wildman–Crippen MR) is 75.1 cm³/mol. The van der Waals surface area contributed by atoms with E-state index in [2.05, 4.69) is 50.4 Å². The maximum absolute atomic E-state index is 3.29. The number of thioether (sulfide) groups is 1. The first-order valence-corrected chi connectivity index (χ1v) is 7.01. The van der Waals surface area contributed by atoms with E-state index in [4.69, 9.17) is 0 Å². The Morgan fingerprint density at radius 1 is 1.25 bits per heavy atom. The van der Waals surface area contributed by atoms with Crippen LogP contribution in [0.2, 0.25) is 0 Å². The fourth-order valence-corrected chi connectivity index (χ4v) is 2.90. The van der Waals surface area contributed by atoms with Crippen molar-refractivity contribution in [2.24, 2.45) is 0 Å². The second-order valence-corrected chi connectivity index (χ2v) is 5.90. The zero-order valence-corrected chi connectivity index (χ0v) is 11.6. The molecule has 1 nitrogen and oxygen atoms in total. The maximum atomic E-state index is 3.29. The van der Waals surface area contributed by atoms with Crippen LogP contribution >= 0.6 is 11.8 Å². The SMILES string of the molecule is CNC(C)CC(C)SCc1ccccc1C. The Morgan fingerprint density at radius 2 is 1.94 bits per heavy atom. The standard InChI is InChI=1S/C14H23NS/c1-11-7-5-6-8-14(11)10-16-13(3)9-12(2)15-4/h5-8,12-13,15H,9-10H2,1-4H3. The zero-order chi connectivity index (χ0) is 12.0. The van der Waals surface area contributed by atoms with Gasteiger partial charge in [-0.1, -0.05) is 31.2 Å². The normalized spacial score (nSPS) is 14.8. The van der Waals surface area contributed by atoms with E-state index in [0.717, 1.165) is 5.75 Å². The predicted octanol–water partition coefficient (Wildman–Crippen LogP) is 3.61. The minimum atomic E-state index is 0.611. The third-order valence-electron chi connectivity index (χ3n) is 2.96. The highest BCUT2D eigenvalue weighted by Gasteiger charge is 2.08. The molecular formula is C14H23NS. The highest BCUT2D eigenvalue weighted by molar-refractivity contribution is 7.99. The van der Waals surface area contributed by atoms with Crippen LogP contribution in [-0.4, -0.2) is 18.3 Å². The molecule has 0 aromatic heterocycles. The number of hydrogen-bond acceptors (Lipinski definition) is 2. The minimum Gasteiger partial charge on any atom is -0.317 e. The van der Waals surface area contributed by atoms with Crippen molar-refractivity contribution in [3.05, 3.63) is 35.4 Å². The lowest BCUT2D eigenvalue weighted by Crippen LogP contribution is -2.24. The molecule has 1 aromatic carbocycles. The molecule has 0 heterocycles. The Balaban J connectivity index is 2.37. The molecule has 0 aliphatic rings. The molecule has 0 bridgehead atoms. The molecule has 0 radical (unpaired) electrons. The minimum absolute atomic E-state index is 0.611. The van der Waals surface area contributed by atoms with Crippen LogP contribution in [0.3, 0.4) is 0 Å². The summed E-state index contributed by atoms with van der Waals surface area (Å²) >= 11 is 2.05. The lowest BCUT2D eigenvalue weighted by atomic mass is 10.1. The quantitative estimate of drug-likeness (QED) is 0.811. The van der Waals surface area contributed by atoms with Crippen molar-refractivity contribution in [2.75, 3.05) is 7.05 Å². The first-order valence-electron chi connectivity index (χ1n) is 5.97. The Labute approximate surface area is 104 Å². The van der Waals surface area contributed by atoms with Gasteiger partial charge in [0.25, 0.3) is 0 Å². The van der Waals surface area contributed by atoms with Gasteiger partial charge in [0.15, 0.2) is 0 Å².